The number of nitrogens with one attached hydrogen (secondary N) is 1. The average molecular weight is 517 g/mol. The van der Waals surface area contributed by atoms with Crippen LogP contribution in [0.3, 0.4) is 0 Å². The Bertz CT molecular complexity index is 1080. The van der Waals surface area contributed by atoms with E-state index in [0.29, 0.717) is 49.4 Å². The molecule has 1 unspecified atom stereocenters. The van der Waals surface area contributed by atoms with Gasteiger partial charge in [0.25, 0.3) is 5.91 Å². The Kier molecular flexibility index (Phi) is 7.06. The number of carbonyl (C=O) groups is 1. The molecule has 0 aromatic carbocycles. The van der Waals surface area contributed by atoms with Gasteiger partial charge in [-0.15, -0.1) is 11.3 Å². The van der Waals surface area contributed by atoms with Gasteiger partial charge in [0, 0.05) is 48.4 Å². The minimum absolute atomic E-state index is 0.00434. The summed E-state index contributed by atoms with van der Waals surface area (Å²) >= 11 is 0.721. The molecule has 35 heavy (non-hydrogen) atoms. The third-order valence-corrected chi connectivity index (χ3v) is 8.49. The van der Waals surface area contributed by atoms with Crippen molar-refractivity contribution in [2.45, 2.75) is 76.2 Å². The van der Waals surface area contributed by atoms with Gasteiger partial charge in [0.2, 0.25) is 0 Å². The monoisotopic (exact) mass is 516 g/mol. The zero-order chi connectivity index (χ0) is 25.6. The van der Waals surface area contributed by atoms with E-state index in [4.69, 9.17) is 4.74 Å². The van der Waals surface area contributed by atoms with Gasteiger partial charge in [-0.1, -0.05) is 0 Å². The molecule has 1 fully saturated rings. The first-order chi connectivity index (χ1) is 16.4. The summed E-state index contributed by atoms with van der Waals surface area (Å²) in [6.07, 6.45) is 0.433. The minimum atomic E-state index is -4.50. The molecule has 2 aliphatic heterocycles. The summed E-state index contributed by atoms with van der Waals surface area (Å²) in [6.45, 7) is 4.37. The Hall–Kier alpha value is -1.99. The SMILES string of the molecule is CNC(=O)C(C)(O)Cn1cc(CN2CC[C@]3(C[C@@H]2C)OCCc2c3sc(C(F)(F)F)c2CO)cn1. The van der Waals surface area contributed by atoms with Crippen molar-refractivity contribution in [3.63, 3.8) is 0 Å². The first kappa shape index (κ1) is 26.1. The number of amides is 1. The van der Waals surface area contributed by atoms with Gasteiger partial charge in [0.05, 0.1) is 26.0 Å². The number of ether oxygens (including phenoxy) is 1. The number of aromatic nitrogens is 2. The quantitative estimate of drug-likeness (QED) is 0.546. The number of halogens is 3. The average Bonchev–Trinajstić information content (AvgIpc) is 3.39. The maximum atomic E-state index is 13.6. The maximum Gasteiger partial charge on any atom is 0.425 e. The Morgan fingerprint density at radius 1 is 1.43 bits per heavy atom. The number of hydrogen-bond donors (Lipinski definition) is 3. The second-order valence-electron chi connectivity index (χ2n) is 9.64. The van der Waals surface area contributed by atoms with E-state index >= 15 is 0 Å². The molecule has 12 heteroatoms. The van der Waals surface area contributed by atoms with Crippen molar-refractivity contribution < 1.29 is 32.9 Å². The Labute approximate surface area is 205 Å². The number of aliphatic hydroxyl groups excluding tert-OH is 1. The van der Waals surface area contributed by atoms with E-state index in [1.165, 1.54) is 18.7 Å². The number of piperidine rings is 1. The standard InChI is InChI=1S/C23H31F3N4O4S/c1-14-8-22(18-16(4-7-34-22)17(12-31)19(35-18)23(24,25)26)5-6-29(14)10-15-9-28-30(11-15)13-21(2,33)20(32)27-3/h9,11,14,31,33H,4-8,10,12-13H2,1-3H3,(H,27,32)/t14-,21?,22+/m0/s1. The minimum Gasteiger partial charge on any atom is -0.392 e. The van der Waals surface area contributed by atoms with Crippen LogP contribution in [0, 0.1) is 0 Å². The summed E-state index contributed by atoms with van der Waals surface area (Å²) in [5.41, 5.74) is -0.874. The first-order valence-corrected chi connectivity index (χ1v) is 12.4. The maximum absolute atomic E-state index is 13.6. The fraction of sp³-hybridized carbons (Fsp3) is 0.652. The van der Waals surface area contributed by atoms with Crippen molar-refractivity contribution in [1.29, 1.82) is 0 Å². The van der Waals surface area contributed by atoms with E-state index in [0.717, 1.165) is 16.9 Å². The van der Waals surface area contributed by atoms with E-state index in [9.17, 15) is 28.2 Å². The lowest BCUT2D eigenvalue weighted by Gasteiger charge is -2.47. The summed E-state index contributed by atoms with van der Waals surface area (Å²) in [7, 11) is 1.46. The van der Waals surface area contributed by atoms with E-state index in [1.807, 2.05) is 6.92 Å². The largest absolute Gasteiger partial charge is 0.425 e. The highest BCUT2D eigenvalue weighted by molar-refractivity contribution is 7.12. The highest BCUT2D eigenvalue weighted by Gasteiger charge is 2.48. The van der Waals surface area contributed by atoms with Crippen LogP contribution >= 0.6 is 11.3 Å². The Morgan fingerprint density at radius 2 is 2.17 bits per heavy atom. The molecule has 0 bridgehead atoms. The van der Waals surface area contributed by atoms with Crippen molar-refractivity contribution in [2.75, 3.05) is 20.2 Å². The molecule has 2 aromatic rings. The van der Waals surface area contributed by atoms with Gasteiger partial charge < -0.3 is 20.3 Å². The molecule has 0 saturated carbocycles. The lowest BCUT2D eigenvalue weighted by Crippen LogP contribution is -2.50. The number of carbonyl (C=O) groups excluding carboxylic acids is 1. The van der Waals surface area contributed by atoms with E-state index in [1.54, 1.807) is 12.4 Å². The zero-order valence-corrected chi connectivity index (χ0v) is 20.8. The van der Waals surface area contributed by atoms with E-state index in [2.05, 4.69) is 15.3 Å². The molecule has 4 rings (SSSR count). The summed E-state index contributed by atoms with van der Waals surface area (Å²) < 4.78 is 48.6. The molecular weight excluding hydrogens is 485 g/mol. The molecule has 1 amide bonds. The molecule has 2 aliphatic rings. The van der Waals surface area contributed by atoms with Crippen molar-refractivity contribution in [3.05, 3.63) is 38.8 Å². The third kappa shape index (κ3) is 4.99. The fourth-order valence-corrected chi connectivity index (χ4v) is 6.64. The summed E-state index contributed by atoms with van der Waals surface area (Å²) in [5.74, 6) is -0.497. The number of rotatable bonds is 6. The lowest BCUT2D eigenvalue weighted by atomic mass is 9.81. The fourth-order valence-electron chi connectivity index (χ4n) is 5.23. The van der Waals surface area contributed by atoms with Crippen LogP contribution in [-0.4, -0.2) is 62.6 Å². The number of fused-ring (bicyclic) bond motifs is 2. The molecule has 194 valence electrons. The van der Waals surface area contributed by atoms with Crippen LogP contribution in [0.15, 0.2) is 12.4 Å². The van der Waals surface area contributed by atoms with Gasteiger partial charge in [-0.05, 0) is 38.7 Å². The number of aliphatic hydroxyl groups is 2. The molecule has 1 saturated heterocycles. The topological polar surface area (TPSA) is 99.9 Å². The van der Waals surface area contributed by atoms with E-state index in [-0.39, 0.29) is 18.2 Å². The van der Waals surface area contributed by atoms with Gasteiger partial charge in [0.15, 0.2) is 5.60 Å². The number of nitrogens with zero attached hydrogens (tertiary/aromatic N) is 3. The van der Waals surface area contributed by atoms with Gasteiger partial charge in [0.1, 0.15) is 10.5 Å². The number of likely N-dealkylation sites (tertiary alicyclic amines) is 1. The summed E-state index contributed by atoms with van der Waals surface area (Å²) in [4.78, 5) is 14.0. The molecule has 2 aromatic heterocycles. The number of hydrogen-bond acceptors (Lipinski definition) is 7. The van der Waals surface area contributed by atoms with Crippen LogP contribution in [-0.2, 0) is 47.4 Å². The van der Waals surface area contributed by atoms with Gasteiger partial charge in [-0.2, -0.15) is 18.3 Å². The highest BCUT2D eigenvalue weighted by atomic mass is 32.1. The molecule has 0 aliphatic carbocycles. The highest BCUT2D eigenvalue weighted by Crippen LogP contribution is 2.51. The van der Waals surface area contributed by atoms with E-state index < -0.39 is 34.8 Å². The molecule has 0 radical (unpaired) electrons. The molecular formula is C23H31F3N4O4S. The van der Waals surface area contributed by atoms with Gasteiger partial charge in [-0.25, -0.2) is 0 Å². The lowest BCUT2D eigenvalue weighted by molar-refractivity contribution is -0.139. The molecule has 3 atom stereocenters. The van der Waals surface area contributed by atoms with Crippen LogP contribution in [0.5, 0.6) is 0 Å². The van der Waals surface area contributed by atoms with Gasteiger partial charge >= 0.3 is 6.18 Å². The number of likely N-dealkylation sites (N-methyl/N-ethyl adjacent to an activating group) is 1. The number of thiophene rings is 1. The van der Waals surface area contributed by atoms with Crippen LogP contribution in [0.2, 0.25) is 0 Å². The summed E-state index contributed by atoms with van der Waals surface area (Å²) in [6, 6.07) is 0.0287. The predicted molar refractivity (Wildman–Crippen MR) is 123 cm³/mol. The Morgan fingerprint density at radius 3 is 2.80 bits per heavy atom. The van der Waals surface area contributed by atoms with Crippen molar-refractivity contribution in [2.24, 2.45) is 0 Å². The Balaban J connectivity index is 1.48. The summed E-state index contributed by atoms with van der Waals surface area (Å²) in [5, 5.41) is 26.7. The third-order valence-electron chi connectivity index (χ3n) is 6.99. The zero-order valence-electron chi connectivity index (χ0n) is 20.0. The van der Waals surface area contributed by atoms with Crippen molar-refractivity contribution in [1.82, 2.24) is 20.0 Å². The molecule has 8 nitrogen and oxygen atoms in total. The van der Waals surface area contributed by atoms with Crippen molar-refractivity contribution in [3.8, 4) is 0 Å². The van der Waals surface area contributed by atoms with Crippen LogP contribution < -0.4 is 5.32 Å². The first-order valence-electron chi connectivity index (χ1n) is 11.6. The normalized spacial score (nSPS) is 24.9. The second-order valence-corrected chi connectivity index (χ2v) is 10.7. The van der Waals surface area contributed by atoms with Gasteiger partial charge in [-0.3, -0.25) is 14.4 Å². The molecule has 4 heterocycles. The van der Waals surface area contributed by atoms with Crippen LogP contribution in [0.1, 0.15) is 53.1 Å². The van der Waals surface area contributed by atoms with Crippen molar-refractivity contribution >= 4 is 17.2 Å². The number of alkyl halides is 3. The van der Waals surface area contributed by atoms with Crippen LogP contribution in [0.4, 0.5) is 13.2 Å². The second kappa shape index (κ2) is 9.47. The molecule has 3 N–H and O–H groups in total. The predicted octanol–water partition coefficient (Wildman–Crippen LogP) is 2.41. The molecule has 1 spiro atoms. The smallest absolute Gasteiger partial charge is 0.392 e. The van der Waals surface area contributed by atoms with Crippen LogP contribution in [0.25, 0.3) is 0 Å².